The molecule has 0 amide bonds. The van der Waals surface area contributed by atoms with E-state index >= 15 is 0 Å². The highest BCUT2D eigenvalue weighted by atomic mass is 32.2. The Hall–Kier alpha value is -0.560. The van der Waals surface area contributed by atoms with E-state index in [2.05, 4.69) is 25.5 Å². The van der Waals surface area contributed by atoms with Crippen LogP contribution < -0.4 is 4.72 Å². The van der Waals surface area contributed by atoms with Gasteiger partial charge in [0.2, 0.25) is 10.0 Å². The molecule has 0 aliphatic carbocycles. The molecule has 0 saturated carbocycles. The second kappa shape index (κ2) is 6.51. The molecular formula is C16H25NO3S2. The van der Waals surface area contributed by atoms with E-state index in [1.54, 1.807) is 31.0 Å². The third-order valence-corrected chi connectivity index (χ3v) is 6.76. The summed E-state index contributed by atoms with van der Waals surface area (Å²) in [5.74, 6) is 1.84. The fraction of sp³-hybridized carbons (Fsp3) is 0.625. The van der Waals surface area contributed by atoms with E-state index in [0.717, 1.165) is 23.5 Å². The van der Waals surface area contributed by atoms with E-state index in [4.69, 9.17) is 4.74 Å². The lowest BCUT2D eigenvalue weighted by atomic mass is 9.87. The van der Waals surface area contributed by atoms with Crippen molar-refractivity contribution < 1.29 is 13.2 Å². The summed E-state index contributed by atoms with van der Waals surface area (Å²) in [6, 6.07) is 7.11. The van der Waals surface area contributed by atoms with E-state index in [0.29, 0.717) is 11.4 Å². The third kappa shape index (κ3) is 4.04. The number of sulfonamides is 1. The van der Waals surface area contributed by atoms with Crippen molar-refractivity contribution in [3.05, 3.63) is 29.8 Å². The SMILES string of the molecule is COC1(CNS(=O)(=O)c2ccc(C(C)(C)C)cc2)CCSC1. The summed E-state index contributed by atoms with van der Waals surface area (Å²) in [5.41, 5.74) is 0.756. The first-order valence-electron chi connectivity index (χ1n) is 7.42. The molecule has 0 bridgehead atoms. The standard InChI is InChI=1S/C16H25NO3S2/c1-15(2,3)13-5-7-14(8-6-13)22(18,19)17-11-16(20-4)9-10-21-12-16/h5-8,17H,9-12H2,1-4H3. The summed E-state index contributed by atoms with van der Waals surface area (Å²) in [7, 11) is -1.85. The Balaban J connectivity index is 2.10. The predicted octanol–water partition coefficient (Wildman–Crippen LogP) is 2.78. The summed E-state index contributed by atoms with van der Waals surface area (Å²) in [6.45, 7) is 6.64. The van der Waals surface area contributed by atoms with Crippen molar-refractivity contribution in [2.75, 3.05) is 25.2 Å². The third-order valence-electron chi connectivity index (χ3n) is 4.12. The Bertz CT molecular complexity index is 597. The normalized spacial score (nSPS) is 22.9. The molecule has 1 aromatic rings. The Kier molecular flexibility index (Phi) is 5.27. The van der Waals surface area contributed by atoms with Crippen molar-refractivity contribution in [1.82, 2.24) is 4.72 Å². The molecule has 1 saturated heterocycles. The van der Waals surface area contributed by atoms with Gasteiger partial charge in [0.1, 0.15) is 0 Å². The molecule has 1 heterocycles. The number of rotatable bonds is 5. The molecular weight excluding hydrogens is 318 g/mol. The molecule has 6 heteroatoms. The van der Waals surface area contributed by atoms with Gasteiger partial charge >= 0.3 is 0 Å². The van der Waals surface area contributed by atoms with Crippen LogP contribution in [0.1, 0.15) is 32.8 Å². The van der Waals surface area contributed by atoms with Gasteiger partial charge in [-0.25, -0.2) is 13.1 Å². The molecule has 1 aromatic carbocycles. The monoisotopic (exact) mass is 343 g/mol. The first-order valence-corrected chi connectivity index (χ1v) is 10.1. The number of methoxy groups -OCH3 is 1. The molecule has 2 rings (SSSR count). The molecule has 1 unspecified atom stereocenters. The summed E-state index contributed by atoms with van der Waals surface area (Å²) in [4.78, 5) is 0.303. The van der Waals surface area contributed by atoms with E-state index < -0.39 is 10.0 Å². The van der Waals surface area contributed by atoms with Crippen molar-refractivity contribution in [3.8, 4) is 0 Å². The Morgan fingerprint density at radius 1 is 1.27 bits per heavy atom. The minimum atomic E-state index is -3.50. The van der Waals surface area contributed by atoms with Crippen LogP contribution in [0.5, 0.6) is 0 Å². The van der Waals surface area contributed by atoms with Crippen LogP contribution in [-0.2, 0) is 20.2 Å². The number of ether oxygens (including phenoxy) is 1. The van der Waals surface area contributed by atoms with Gasteiger partial charge in [-0.2, -0.15) is 11.8 Å². The van der Waals surface area contributed by atoms with E-state index in [-0.39, 0.29) is 11.0 Å². The first-order chi connectivity index (χ1) is 10.2. The van der Waals surface area contributed by atoms with Gasteiger partial charge in [-0.15, -0.1) is 0 Å². The summed E-state index contributed by atoms with van der Waals surface area (Å²) in [6.07, 6.45) is 0.875. The zero-order chi connectivity index (χ0) is 16.4. The van der Waals surface area contributed by atoms with E-state index in [9.17, 15) is 8.42 Å². The minimum Gasteiger partial charge on any atom is -0.376 e. The molecule has 124 valence electrons. The molecule has 0 aromatic heterocycles. The lowest BCUT2D eigenvalue weighted by Gasteiger charge is -2.26. The molecule has 0 spiro atoms. The van der Waals surface area contributed by atoms with Gasteiger partial charge in [0.25, 0.3) is 0 Å². The van der Waals surface area contributed by atoms with E-state index in [1.807, 2.05) is 12.1 Å². The quantitative estimate of drug-likeness (QED) is 0.893. The summed E-state index contributed by atoms with van der Waals surface area (Å²) < 4.78 is 33.1. The fourth-order valence-corrected chi connectivity index (χ4v) is 4.92. The molecule has 22 heavy (non-hydrogen) atoms. The van der Waals surface area contributed by atoms with E-state index in [1.165, 1.54) is 0 Å². The predicted molar refractivity (Wildman–Crippen MR) is 92.0 cm³/mol. The smallest absolute Gasteiger partial charge is 0.240 e. The number of hydrogen-bond donors (Lipinski definition) is 1. The molecule has 0 radical (unpaired) electrons. The highest BCUT2D eigenvalue weighted by Gasteiger charge is 2.35. The van der Waals surface area contributed by atoms with Gasteiger partial charge in [-0.1, -0.05) is 32.9 Å². The van der Waals surface area contributed by atoms with Gasteiger partial charge in [-0.3, -0.25) is 0 Å². The molecule has 1 atom stereocenters. The summed E-state index contributed by atoms with van der Waals surface area (Å²) in [5, 5.41) is 0. The van der Waals surface area contributed by atoms with Crippen LogP contribution in [0.15, 0.2) is 29.2 Å². The summed E-state index contributed by atoms with van der Waals surface area (Å²) >= 11 is 1.80. The molecule has 1 N–H and O–H groups in total. The minimum absolute atomic E-state index is 0.0108. The number of thioether (sulfide) groups is 1. The van der Waals surface area contributed by atoms with Crippen LogP contribution in [0, 0.1) is 0 Å². The average molecular weight is 344 g/mol. The maximum Gasteiger partial charge on any atom is 0.240 e. The van der Waals surface area contributed by atoms with Crippen molar-refractivity contribution in [1.29, 1.82) is 0 Å². The van der Waals surface area contributed by atoms with Crippen LogP contribution in [0.2, 0.25) is 0 Å². The Morgan fingerprint density at radius 2 is 1.91 bits per heavy atom. The highest BCUT2D eigenvalue weighted by Crippen LogP contribution is 2.30. The van der Waals surface area contributed by atoms with Crippen LogP contribution in [0.25, 0.3) is 0 Å². The Morgan fingerprint density at radius 3 is 2.36 bits per heavy atom. The van der Waals surface area contributed by atoms with Gasteiger partial charge in [0.15, 0.2) is 0 Å². The maximum absolute atomic E-state index is 12.4. The second-order valence-corrected chi connectivity index (χ2v) is 9.66. The number of benzene rings is 1. The zero-order valence-electron chi connectivity index (χ0n) is 13.7. The van der Waals surface area contributed by atoms with Crippen LogP contribution >= 0.6 is 11.8 Å². The van der Waals surface area contributed by atoms with Gasteiger partial charge in [0.05, 0.1) is 10.5 Å². The van der Waals surface area contributed by atoms with Crippen molar-refractivity contribution in [2.45, 2.75) is 43.1 Å². The second-order valence-electron chi connectivity index (χ2n) is 6.79. The molecule has 4 nitrogen and oxygen atoms in total. The van der Waals surface area contributed by atoms with Gasteiger partial charge < -0.3 is 4.74 Å². The Labute approximate surface area is 138 Å². The van der Waals surface area contributed by atoms with Crippen LogP contribution in [-0.4, -0.2) is 39.2 Å². The molecule has 1 aliphatic rings. The van der Waals surface area contributed by atoms with Crippen molar-refractivity contribution in [2.24, 2.45) is 0 Å². The molecule has 1 aliphatic heterocycles. The fourth-order valence-electron chi connectivity index (χ4n) is 2.41. The van der Waals surface area contributed by atoms with Gasteiger partial charge in [0, 0.05) is 19.4 Å². The van der Waals surface area contributed by atoms with Crippen molar-refractivity contribution >= 4 is 21.8 Å². The van der Waals surface area contributed by atoms with Crippen LogP contribution in [0.4, 0.5) is 0 Å². The lowest BCUT2D eigenvalue weighted by Crippen LogP contribution is -2.44. The topological polar surface area (TPSA) is 55.4 Å². The number of nitrogens with one attached hydrogen (secondary N) is 1. The van der Waals surface area contributed by atoms with Crippen LogP contribution in [0.3, 0.4) is 0 Å². The largest absolute Gasteiger partial charge is 0.376 e. The highest BCUT2D eigenvalue weighted by molar-refractivity contribution is 7.99. The zero-order valence-corrected chi connectivity index (χ0v) is 15.3. The maximum atomic E-state index is 12.4. The van der Waals surface area contributed by atoms with Gasteiger partial charge in [-0.05, 0) is 35.3 Å². The number of hydrogen-bond acceptors (Lipinski definition) is 4. The van der Waals surface area contributed by atoms with Crippen molar-refractivity contribution in [3.63, 3.8) is 0 Å². The lowest BCUT2D eigenvalue weighted by molar-refractivity contribution is 0.0179. The molecule has 1 fully saturated rings. The first kappa shape index (κ1) is 17.8. The average Bonchev–Trinajstić information content (AvgIpc) is 2.94.